The van der Waals surface area contributed by atoms with Crippen LogP contribution in [0.15, 0.2) is 0 Å². The minimum atomic E-state index is -0.0888. The molecule has 162 valence electrons. The molecule has 5 unspecified atom stereocenters. The van der Waals surface area contributed by atoms with Gasteiger partial charge in [0.05, 0.1) is 12.1 Å². The number of rotatable bonds is 6. The Morgan fingerprint density at radius 2 is 1.89 bits per heavy atom. The van der Waals surface area contributed by atoms with Gasteiger partial charge in [-0.1, -0.05) is 19.8 Å². The average Bonchev–Trinajstić information content (AvgIpc) is 3.22. The van der Waals surface area contributed by atoms with E-state index in [0.717, 1.165) is 58.3 Å². The molecule has 7 heteroatoms. The van der Waals surface area contributed by atoms with E-state index in [4.69, 9.17) is 0 Å². The molecule has 0 radical (unpaired) electrons. The van der Waals surface area contributed by atoms with Gasteiger partial charge in [-0.05, 0) is 70.4 Å². The quantitative estimate of drug-likeness (QED) is 0.622. The molecule has 28 heavy (non-hydrogen) atoms. The van der Waals surface area contributed by atoms with Gasteiger partial charge in [-0.15, -0.1) is 12.4 Å². The van der Waals surface area contributed by atoms with Crippen molar-refractivity contribution >= 4 is 24.2 Å². The van der Waals surface area contributed by atoms with Gasteiger partial charge in [0.2, 0.25) is 11.8 Å². The summed E-state index contributed by atoms with van der Waals surface area (Å²) < 4.78 is 0. The van der Waals surface area contributed by atoms with Crippen LogP contribution < -0.4 is 16.0 Å². The van der Waals surface area contributed by atoms with Gasteiger partial charge in [-0.25, -0.2) is 0 Å². The Morgan fingerprint density at radius 1 is 1.11 bits per heavy atom. The number of hydrogen-bond donors (Lipinski definition) is 3. The molecule has 2 aliphatic heterocycles. The maximum Gasteiger partial charge on any atom is 0.237 e. The highest BCUT2D eigenvalue weighted by Gasteiger charge is 2.31. The molecule has 6 nitrogen and oxygen atoms in total. The largest absolute Gasteiger partial charge is 0.354 e. The van der Waals surface area contributed by atoms with E-state index in [2.05, 4.69) is 27.8 Å². The Kier molecular flexibility index (Phi) is 9.51. The number of carbonyl (C=O) groups is 2. The van der Waals surface area contributed by atoms with Crippen molar-refractivity contribution in [3.05, 3.63) is 0 Å². The van der Waals surface area contributed by atoms with Gasteiger partial charge >= 0.3 is 0 Å². The number of nitrogens with one attached hydrogen (secondary N) is 3. The SMILES string of the molecule is CC1CCCCC1NC(=O)C(C)N1CCCC(CNC(=O)C2CCCN2)C1.Cl. The predicted molar refractivity (Wildman–Crippen MR) is 115 cm³/mol. The van der Waals surface area contributed by atoms with Gasteiger partial charge in [0.15, 0.2) is 0 Å². The van der Waals surface area contributed by atoms with E-state index >= 15 is 0 Å². The molecule has 0 spiro atoms. The van der Waals surface area contributed by atoms with Crippen LogP contribution in [0.25, 0.3) is 0 Å². The third-order valence-corrected chi connectivity index (χ3v) is 6.86. The predicted octanol–water partition coefficient (Wildman–Crippen LogP) is 2.07. The first-order valence-electron chi connectivity index (χ1n) is 11.1. The lowest BCUT2D eigenvalue weighted by Gasteiger charge is -2.37. The first-order valence-corrected chi connectivity index (χ1v) is 11.1. The monoisotopic (exact) mass is 414 g/mol. The molecule has 3 fully saturated rings. The maximum absolute atomic E-state index is 12.8. The van der Waals surface area contributed by atoms with Crippen LogP contribution in [0.4, 0.5) is 0 Å². The molecule has 1 aliphatic carbocycles. The Labute approximate surface area is 176 Å². The molecule has 3 aliphatic rings. The second kappa shape index (κ2) is 11.4. The molecule has 5 atom stereocenters. The van der Waals surface area contributed by atoms with Crippen LogP contribution >= 0.6 is 12.4 Å². The van der Waals surface area contributed by atoms with Gasteiger partial charge in [-0.3, -0.25) is 14.5 Å². The Morgan fingerprint density at radius 3 is 2.61 bits per heavy atom. The highest BCUT2D eigenvalue weighted by Crippen LogP contribution is 2.24. The van der Waals surface area contributed by atoms with E-state index < -0.39 is 0 Å². The van der Waals surface area contributed by atoms with Crippen molar-refractivity contribution in [2.45, 2.75) is 83.3 Å². The summed E-state index contributed by atoms with van der Waals surface area (Å²) in [5.74, 6) is 1.34. The molecule has 3 rings (SSSR count). The molecule has 0 aromatic carbocycles. The molecular weight excluding hydrogens is 376 g/mol. The number of likely N-dealkylation sites (tertiary alicyclic amines) is 1. The van der Waals surface area contributed by atoms with Crippen molar-refractivity contribution in [1.82, 2.24) is 20.9 Å². The number of hydrogen-bond acceptors (Lipinski definition) is 4. The molecule has 2 amide bonds. The molecule has 2 saturated heterocycles. The summed E-state index contributed by atoms with van der Waals surface area (Å²) >= 11 is 0. The topological polar surface area (TPSA) is 73.5 Å². The van der Waals surface area contributed by atoms with Crippen LogP contribution in [0, 0.1) is 11.8 Å². The number of nitrogens with zero attached hydrogens (tertiary/aromatic N) is 1. The standard InChI is InChI=1S/C21H38N4O2.ClH/c1-15-7-3-4-9-18(15)24-20(26)16(2)25-12-6-8-17(14-25)13-23-21(27)19-10-5-11-22-19;/h15-19,22H,3-14H2,1-2H3,(H,23,27)(H,24,26);1H. The fraction of sp³-hybridized carbons (Fsp3) is 0.905. The summed E-state index contributed by atoms with van der Waals surface area (Å²) in [4.78, 5) is 27.3. The molecule has 1 saturated carbocycles. The van der Waals surface area contributed by atoms with E-state index in [1.54, 1.807) is 0 Å². The zero-order valence-corrected chi connectivity index (χ0v) is 18.4. The fourth-order valence-electron chi connectivity index (χ4n) is 4.89. The van der Waals surface area contributed by atoms with E-state index in [0.29, 0.717) is 17.9 Å². The van der Waals surface area contributed by atoms with Crippen LogP contribution in [-0.4, -0.2) is 61.0 Å². The number of halogens is 1. The summed E-state index contributed by atoms with van der Waals surface area (Å²) in [6.45, 7) is 7.83. The second-order valence-electron chi connectivity index (χ2n) is 8.95. The zero-order chi connectivity index (χ0) is 19.2. The van der Waals surface area contributed by atoms with Crippen molar-refractivity contribution in [2.75, 3.05) is 26.2 Å². The Bertz CT molecular complexity index is 513. The summed E-state index contributed by atoms with van der Waals surface area (Å²) in [6, 6.07) is 0.244. The molecule has 3 N–H and O–H groups in total. The lowest BCUT2D eigenvalue weighted by molar-refractivity contribution is -0.128. The number of piperidine rings is 1. The molecule has 0 bridgehead atoms. The highest BCUT2D eigenvalue weighted by molar-refractivity contribution is 5.85. The van der Waals surface area contributed by atoms with Crippen LogP contribution in [0.2, 0.25) is 0 Å². The van der Waals surface area contributed by atoms with Gasteiger partial charge in [0.25, 0.3) is 0 Å². The third-order valence-electron chi connectivity index (χ3n) is 6.86. The van der Waals surface area contributed by atoms with E-state index in [-0.39, 0.29) is 36.3 Å². The molecule has 0 aromatic rings. The van der Waals surface area contributed by atoms with Gasteiger partial charge < -0.3 is 16.0 Å². The minimum Gasteiger partial charge on any atom is -0.354 e. The number of amides is 2. The summed E-state index contributed by atoms with van der Waals surface area (Å²) in [5.41, 5.74) is 0. The molecular formula is C21H39ClN4O2. The highest BCUT2D eigenvalue weighted by atomic mass is 35.5. The second-order valence-corrected chi connectivity index (χ2v) is 8.95. The number of carbonyl (C=O) groups excluding carboxylic acids is 2. The third kappa shape index (κ3) is 6.33. The molecule has 2 heterocycles. The normalized spacial score (nSPS) is 32.2. The van der Waals surface area contributed by atoms with E-state index in [9.17, 15) is 9.59 Å². The van der Waals surface area contributed by atoms with Crippen LogP contribution in [-0.2, 0) is 9.59 Å². The molecule has 0 aromatic heterocycles. The fourth-order valence-corrected chi connectivity index (χ4v) is 4.89. The Balaban J connectivity index is 0.00000280. The lowest BCUT2D eigenvalue weighted by atomic mass is 9.86. The van der Waals surface area contributed by atoms with Gasteiger partial charge in [0, 0.05) is 19.1 Å². The van der Waals surface area contributed by atoms with Crippen LogP contribution in [0.1, 0.15) is 65.2 Å². The van der Waals surface area contributed by atoms with Crippen LogP contribution in [0.5, 0.6) is 0 Å². The summed E-state index contributed by atoms with van der Waals surface area (Å²) in [6.07, 6.45) is 9.11. The van der Waals surface area contributed by atoms with Crippen molar-refractivity contribution in [2.24, 2.45) is 11.8 Å². The van der Waals surface area contributed by atoms with Gasteiger partial charge in [-0.2, -0.15) is 0 Å². The minimum absolute atomic E-state index is 0. The lowest BCUT2D eigenvalue weighted by Crippen LogP contribution is -2.53. The average molecular weight is 415 g/mol. The maximum atomic E-state index is 12.8. The van der Waals surface area contributed by atoms with Crippen molar-refractivity contribution in [3.8, 4) is 0 Å². The first kappa shape index (κ1) is 23.4. The first-order chi connectivity index (χ1) is 13.0. The van der Waals surface area contributed by atoms with Gasteiger partial charge in [0.1, 0.15) is 0 Å². The summed E-state index contributed by atoms with van der Waals surface area (Å²) in [7, 11) is 0. The smallest absolute Gasteiger partial charge is 0.237 e. The Hall–Kier alpha value is -0.850. The van der Waals surface area contributed by atoms with E-state index in [1.165, 1.54) is 19.3 Å². The van der Waals surface area contributed by atoms with E-state index in [1.807, 2.05) is 6.92 Å². The zero-order valence-electron chi connectivity index (χ0n) is 17.5. The van der Waals surface area contributed by atoms with Crippen molar-refractivity contribution in [3.63, 3.8) is 0 Å². The van der Waals surface area contributed by atoms with Crippen molar-refractivity contribution in [1.29, 1.82) is 0 Å². The van der Waals surface area contributed by atoms with Crippen molar-refractivity contribution < 1.29 is 9.59 Å². The summed E-state index contributed by atoms with van der Waals surface area (Å²) in [5, 5.41) is 9.69. The van der Waals surface area contributed by atoms with Crippen LogP contribution in [0.3, 0.4) is 0 Å².